The maximum absolute atomic E-state index is 12.6. The molecule has 128 valence electrons. The molecule has 2 heterocycles. The van der Waals surface area contributed by atoms with Gasteiger partial charge in [0.2, 0.25) is 0 Å². The van der Waals surface area contributed by atoms with E-state index in [4.69, 9.17) is 0 Å². The first kappa shape index (κ1) is 17.3. The summed E-state index contributed by atoms with van der Waals surface area (Å²) >= 11 is 1.56. The molecule has 0 unspecified atom stereocenters. The molecule has 0 radical (unpaired) electrons. The highest BCUT2D eigenvalue weighted by molar-refractivity contribution is 7.09. The third kappa shape index (κ3) is 4.12. The van der Waals surface area contributed by atoms with Crippen molar-refractivity contribution in [3.05, 3.63) is 69.3 Å². The number of rotatable bonds is 4. The van der Waals surface area contributed by atoms with E-state index in [1.807, 2.05) is 69.5 Å². The fraction of sp³-hybridized carbons (Fsp3) is 0.250. The lowest BCUT2D eigenvalue weighted by Crippen LogP contribution is -2.26. The molecule has 5 heteroatoms. The summed E-state index contributed by atoms with van der Waals surface area (Å²) in [7, 11) is 0. The topological polar surface area (TPSA) is 54.9 Å². The Bertz CT molecular complexity index is 897. The molecule has 1 atom stereocenters. The molecule has 3 aromatic rings. The van der Waals surface area contributed by atoms with Crippen molar-refractivity contribution >= 4 is 17.2 Å². The average molecular weight is 351 g/mol. The second-order valence-corrected chi connectivity index (χ2v) is 7.16. The SMILES string of the molecule is Cc1cc(C)nc(-c2cccc(C(=O)N[C@@H](C)c3nc(C)cs3)c2)c1. The van der Waals surface area contributed by atoms with Gasteiger partial charge in [-0.2, -0.15) is 0 Å². The molecule has 1 aromatic carbocycles. The summed E-state index contributed by atoms with van der Waals surface area (Å²) in [5, 5.41) is 5.92. The van der Waals surface area contributed by atoms with Gasteiger partial charge >= 0.3 is 0 Å². The van der Waals surface area contributed by atoms with Crippen LogP contribution in [0.15, 0.2) is 41.8 Å². The van der Waals surface area contributed by atoms with Crippen LogP contribution < -0.4 is 5.32 Å². The molecule has 2 aromatic heterocycles. The Balaban J connectivity index is 1.82. The van der Waals surface area contributed by atoms with E-state index in [9.17, 15) is 4.79 Å². The predicted molar refractivity (Wildman–Crippen MR) is 102 cm³/mol. The number of hydrogen-bond donors (Lipinski definition) is 1. The molecule has 1 N–H and O–H groups in total. The van der Waals surface area contributed by atoms with Crippen molar-refractivity contribution in [3.8, 4) is 11.3 Å². The summed E-state index contributed by atoms with van der Waals surface area (Å²) in [4.78, 5) is 21.6. The molecule has 1 amide bonds. The van der Waals surface area contributed by atoms with Gasteiger partial charge in [0, 0.05) is 27.9 Å². The van der Waals surface area contributed by atoms with Crippen molar-refractivity contribution in [1.82, 2.24) is 15.3 Å². The van der Waals surface area contributed by atoms with E-state index in [1.54, 1.807) is 11.3 Å². The van der Waals surface area contributed by atoms with E-state index in [0.717, 1.165) is 33.2 Å². The van der Waals surface area contributed by atoms with Gasteiger partial charge in [0.25, 0.3) is 5.91 Å². The van der Waals surface area contributed by atoms with E-state index < -0.39 is 0 Å². The molecule has 0 aliphatic heterocycles. The Labute approximate surface area is 152 Å². The number of carbonyl (C=O) groups excluding carboxylic acids is 1. The molecule has 4 nitrogen and oxygen atoms in total. The number of carbonyl (C=O) groups is 1. The van der Waals surface area contributed by atoms with Gasteiger partial charge in [-0.3, -0.25) is 9.78 Å². The molecule has 0 spiro atoms. The lowest BCUT2D eigenvalue weighted by atomic mass is 10.0. The highest BCUT2D eigenvalue weighted by atomic mass is 32.1. The van der Waals surface area contributed by atoms with Crippen molar-refractivity contribution in [1.29, 1.82) is 0 Å². The van der Waals surface area contributed by atoms with Crippen LogP contribution in [0.5, 0.6) is 0 Å². The zero-order chi connectivity index (χ0) is 18.0. The number of amides is 1. The van der Waals surface area contributed by atoms with Gasteiger partial charge in [-0.15, -0.1) is 11.3 Å². The molecule has 0 aliphatic carbocycles. The number of thiazole rings is 1. The average Bonchev–Trinajstić information content (AvgIpc) is 3.00. The minimum Gasteiger partial charge on any atom is -0.343 e. The molecular weight excluding hydrogens is 330 g/mol. The first-order valence-corrected chi connectivity index (χ1v) is 9.09. The first-order valence-electron chi connectivity index (χ1n) is 8.21. The monoisotopic (exact) mass is 351 g/mol. The normalized spacial score (nSPS) is 12.0. The number of nitrogens with one attached hydrogen (secondary N) is 1. The number of nitrogens with zero attached hydrogens (tertiary/aromatic N) is 2. The van der Waals surface area contributed by atoms with Crippen molar-refractivity contribution in [2.45, 2.75) is 33.7 Å². The lowest BCUT2D eigenvalue weighted by Gasteiger charge is -2.12. The summed E-state index contributed by atoms with van der Waals surface area (Å²) in [5.74, 6) is -0.105. The second-order valence-electron chi connectivity index (χ2n) is 6.27. The number of hydrogen-bond acceptors (Lipinski definition) is 4. The number of benzene rings is 1. The number of pyridine rings is 1. The minimum absolute atomic E-state index is 0.105. The van der Waals surface area contributed by atoms with Crippen LogP contribution in [0, 0.1) is 20.8 Å². The molecule has 0 saturated carbocycles. The van der Waals surface area contributed by atoms with Crippen LogP contribution in [0.3, 0.4) is 0 Å². The molecule has 3 rings (SSSR count). The maximum Gasteiger partial charge on any atom is 0.251 e. The highest BCUT2D eigenvalue weighted by Gasteiger charge is 2.15. The molecule has 0 saturated heterocycles. The quantitative estimate of drug-likeness (QED) is 0.746. The first-order chi connectivity index (χ1) is 11.9. The Hall–Kier alpha value is -2.53. The van der Waals surface area contributed by atoms with Gasteiger partial charge in [-0.25, -0.2) is 4.98 Å². The second kappa shape index (κ2) is 7.15. The van der Waals surface area contributed by atoms with E-state index in [-0.39, 0.29) is 11.9 Å². The van der Waals surface area contributed by atoms with Crippen LogP contribution in [0.4, 0.5) is 0 Å². The standard InChI is InChI=1S/C20H21N3OS/c1-12-8-13(2)21-18(9-12)16-6-5-7-17(10-16)19(24)23-15(4)20-22-14(3)11-25-20/h5-11,15H,1-4H3,(H,23,24)/t15-/m0/s1. The summed E-state index contributed by atoms with van der Waals surface area (Å²) in [6, 6.07) is 11.5. The van der Waals surface area contributed by atoms with Gasteiger partial charge in [-0.05, 0) is 57.5 Å². The van der Waals surface area contributed by atoms with E-state index in [2.05, 4.69) is 15.3 Å². The van der Waals surface area contributed by atoms with Gasteiger partial charge in [-0.1, -0.05) is 12.1 Å². The number of aryl methyl sites for hydroxylation is 3. The fourth-order valence-corrected chi connectivity index (χ4v) is 3.53. The Morgan fingerprint density at radius 1 is 1.08 bits per heavy atom. The van der Waals surface area contributed by atoms with Gasteiger partial charge in [0.15, 0.2) is 0 Å². The number of aromatic nitrogens is 2. The third-order valence-corrected chi connectivity index (χ3v) is 5.02. The fourth-order valence-electron chi connectivity index (χ4n) is 2.72. The van der Waals surface area contributed by atoms with Crippen LogP contribution >= 0.6 is 11.3 Å². The smallest absolute Gasteiger partial charge is 0.251 e. The Morgan fingerprint density at radius 3 is 2.56 bits per heavy atom. The third-order valence-electron chi connectivity index (χ3n) is 3.87. The van der Waals surface area contributed by atoms with Crippen LogP contribution in [-0.4, -0.2) is 15.9 Å². The summed E-state index contributed by atoms with van der Waals surface area (Å²) in [6.45, 7) is 7.93. The van der Waals surface area contributed by atoms with Crippen LogP contribution in [0.1, 0.15) is 45.3 Å². The van der Waals surface area contributed by atoms with Crippen molar-refractivity contribution in [3.63, 3.8) is 0 Å². The molecule has 0 fully saturated rings. The molecule has 0 bridgehead atoms. The summed E-state index contributed by atoms with van der Waals surface area (Å²) < 4.78 is 0. The molecular formula is C20H21N3OS. The summed E-state index contributed by atoms with van der Waals surface area (Å²) in [6.07, 6.45) is 0. The molecule has 25 heavy (non-hydrogen) atoms. The highest BCUT2D eigenvalue weighted by Crippen LogP contribution is 2.22. The van der Waals surface area contributed by atoms with Crippen molar-refractivity contribution in [2.75, 3.05) is 0 Å². The van der Waals surface area contributed by atoms with Crippen LogP contribution in [-0.2, 0) is 0 Å². The predicted octanol–water partition coefficient (Wildman–Crippen LogP) is 4.62. The minimum atomic E-state index is -0.116. The van der Waals surface area contributed by atoms with Gasteiger partial charge < -0.3 is 5.32 Å². The van der Waals surface area contributed by atoms with E-state index in [1.165, 1.54) is 0 Å². The van der Waals surface area contributed by atoms with E-state index in [0.29, 0.717) is 5.56 Å². The zero-order valence-corrected chi connectivity index (χ0v) is 15.6. The van der Waals surface area contributed by atoms with Crippen molar-refractivity contribution in [2.24, 2.45) is 0 Å². The Kier molecular flexibility index (Phi) is 4.95. The molecule has 0 aliphatic rings. The lowest BCUT2D eigenvalue weighted by molar-refractivity contribution is 0.0940. The van der Waals surface area contributed by atoms with Gasteiger partial charge in [0.1, 0.15) is 5.01 Å². The summed E-state index contributed by atoms with van der Waals surface area (Å²) in [5.41, 5.74) is 5.55. The van der Waals surface area contributed by atoms with Gasteiger partial charge in [0.05, 0.1) is 11.7 Å². The Morgan fingerprint density at radius 2 is 1.88 bits per heavy atom. The van der Waals surface area contributed by atoms with Crippen LogP contribution in [0.2, 0.25) is 0 Å². The van der Waals surface area contributed by atoms with Crippen LogP contribution in [0.25, 0.3) is 11.3 Å². The van der Waals surface area contributed by atoms with Crippen molar-refractivity contribution < 1.29 is 4.79 Å². The van der Waals surface area contributed by atoms with E-state index >= 15 is 0 Å². The zero-order valence-electron chi connectivity index (χ0n) is 14.8. The largest absolute Gasteiger partial charge is 0.343 e. The maximum atomic E-state index is 12.6.